The number of rotatable bonds is 5. The zero-order valence-electron chi connectivity index (χ0n) is 17.6. The summed E-state index contributed by atoms with van der Waals surface area (Å²) < 4.78 is 21.4. The van der Waals surface area contributed by atoms with Gasteiger partial charge in [0.05, 0.1) is 24.1 Å². The lowest BCUT2D eigenvalue weighted by Gasteiger charge is -2.07. The predicted octanol–water partition coefficient (Wildman–Crippen LogP) is 4.24. The van der Waals surface area contributed by atoms with Gasteiger partial charge in [0, 0.05) is 35.6 Å². The van der Waals surface area contributed by atoms with Crippen LogP contribution in [0.5, 0.6) is 0 Å². The van der Waals surface area contributed by atoms with Crippen molar-refractivity contribution in [1.82, 2.24) is 14.9 Å². The number of aryl methyl sites for hydroxylation is 1. The van der Waals surface area contributed by atoms with Gasteiger partial charge in [-0.2, -0.15) is 0 Å². The van der Waals surface area contributed by atoms with Gasteiger partial charge in [-0.15, -0.1) is 0 Å². The van der Waals surface area contributed by atoms with Crippen LogP contribution in [0.4, 0.5) is 10.1 Å². The molecule has 0 radical (unpaired) electrons. The Hall–Kier alpha value is -4.46. The Kier molecular flexibility index (Phi) is 5.10. The third kappa shape index (κ3) is 4.06. The third-order valence-corrected chi connectivity index (χ3v) is 5.43. The van der Waals surface area contributed by atoms with Gasteiger partial charge in [-0.3, -0.25) is 9.59 Å². The summed E-state index contributed by atoms with van der Waals surface area (Å²) in [5.41, 5.74) is 3.48. The van der Waals surface area contributed by atoms with Crippen molar-refractivity contribution in [2.75, 3.05) is 5.32 Å². The fraction of sp³-hybridized carbons (Fsp3) is 0.0800. The van der Waals surface area contributed by atoms with Crippen LogP contribution in [0.2, 0.25) is 0 Å². The molecule has 0 aliphatic carbocycles. The summed E-state index contributed by atoms with van der Waals surface area (Å²) in [7, 11) is 1.86. The van der Waals surface area contributed by atoms with Crippen molar-refractivity contribution in [2.45, 2.75) is 6.54 Å². The average Bonchev–Trinajstić information content (AvgIpc) is 3.52. The van der Waals surface area contributed by atoms with Crippen LogP contribution in [0.25, 0.3) is 23.0 Å². The maximum absolute atomic E-state index is 13.7. The number of imidazole rings is 1. The van der Waals surface area contributed by atoms with Gasteiger partial charge < -0.3 is 19.6 Å². The van der Waals surface area contributed by atoms with Gasteiger partial charge in [-0.25, -0.2) is 9.37 Å². The minimum Gasteiger partial charge on any atom is -0.457 e. The molecule has 2 aromatic carbocycles. The number of hydrogen-bond donors (Lipinski definition) is 2. The lowest BCUT2D eigenvalue weighted by Crippen LogP contribution is -2.23. The van der Waals surface area contributed by atoms with Crippen LogP contribution in [0.1, 0.15) is 27.4 Å². The highest BCUT2D eigenvalue weighted by molar-refractivity contribution is 6.34. The Morgan fingerprint density at radius 1 is 1.21 bits per heavy atom. The quantitative estimate of drug-likeness (QED) is 0.453. The number of furan rings is 1. The topological polar surface area (TPSA) is 89.2 Å². The number of nitrogens with zero attached hydrogens (tertiary/aromatic N) is 2. The number of fused-ring (bicyclic) bond motifs is 1. The molecule has 0 spiro atoms. The Balaban J connectivity index is 1.36. The van der Waals surface area contributed by atoms with Crippen LogP contribution in [0, 0.1) is 5.82 Å². The van der Waals surface area contributed by atoms with E-state index in [0.717, 1.165) is 11.3 Å². The molecule has 2 N–H and O–H groups in total. The summed E-state index contributed by atoms with van der Waals surface area (Å²) in [6, 6.07) is 14.7. The molecule has 0 atom stereocenters. The fourth-order valence-electron chi connectivity index (χ4n) is 3.67. The van der Waals surface area contributed by atoms with Gasteiger partial charge in [0.15, 0.2) is 0 Å². The maximum atomic E-state index is 13.7. The van der Waals surface area contributed by atoms with E-state index in [1.165, 1.54) is 18.2 Å². The van der Waals surface area contributed by atoms with Crippen LogP contribution in [-0.4, -0.2) is 21.4 Å². The summed E-state index contributed by atoms with van der Waals surface area (Å²) >= 11 is 0. The highest BCUT2D eigenvalue weighted by atomic mass is 19.1. The first kappa shape index (κ1) is 20.4. The summed E-state index contributed by atoms with van der Waals surface area (Å²) in [5.74, 6) is 0.0305. The lowest BCUT2D eigenvalue weighted by molar-refractivity contribution is -0.110. The fourth-order valence-corrected chi connectivity index (χ4v) is 3.67. The van der Waals surface area contributed by atoms with Crippen LogP contribution < -0.4 is 10.6 Å². The molecular weight excluding hydrogens is 423 g/mol. The Morgan fingerprint density at radius 3 is 2.91 bits per heavy atom. The molecule has 1 aliphatic rings. The Bertz CT molecular complexity index is 1420. The molecule has 0 saturated carbocycles. The van der Waals surface area contributed by atoms with Gasteiger partial charge in [0.25, 0.3) is 11.8 Å². The molecule has 8 heteroatoms. The number of aromatic nitrogens is 2. The van der Waals surface area contributed by atoms with E-state index in [-0.39, 0.29) is 11.8 Å². The highest BCUT2D eigenvalue weighted by Crippen LogP contribution is 2.34. The summed E-state index contributed by atoms with van der Waals surface area (Å²) in [4.78, 5) is 28.9. The molecule has 5 rings (SSSR count). The van der Waals surface area contributed by atoms with Crippen molar-refractivity contribution >= 4 is 29.2 Å². The predicted molar refractivity (Wildman–Crippen MR) is 121 cm³/mol. The number of carbonyl (C=O) groups is 2. The van der Waals surface area contributed by atoms with E-state index in [1.807, 2.05) is 17.7 Å². The van der Waals surface area contributed by atoms with Crippen molar-refractivity contribution in [3.63, 3.8) is 0 Å². The molecule has 4 aromatic rings. The molecule has 2 aromatic heterocycles. The molecule has 0 fully saturated rings. The van der Waals surface area contributed by atoms with Crippen LogP contribution in [0.3, 0.4) is 0 Å². The van der Waals surface area contributed by atoms with Crippen molar-refractivity contribution in [3.8, 4) is 11.3 Å². The van der Waals surface area contributed by atoms with Crippen molar-refractivity contribution in [1.29, 1.82) is 0 Å². The molecular formula is C25H19FN4O3. The number of amides is 2. The number of carbonyl (C=O) groups excluding carboxylic acids is 2. The van der Waals surface area contributed by atoms with Gasteiger partial charge in [-0.05, 0) is 48.5 Å². The SMILES string of the molecule is Cn1cncc1CNC(=O)c1cccc(-c2ccc(/C=C3/C(=O)Nc4ccc(F)cc43)o2)c1. The van der Waals surface area contributed by atoms with Crippen molar-refractivity contribution < 1.29 is 18.4 Å². The largest absolute Gasteiger partial charge is 0.457 e. The van der Waals surface area contributed by atoms with E-state index in [4.69, 9.17) is 4.42 Å². The van der Waals surface area contributed by atoms with Crippen molar-refractivity contribution in [3.05, 3.63) is 95.5 Å². The second-order valence-electron chi connectivity index (χ2n) is 7.66. The second kappa shape index (κ2) is 8.23. The van der Waals surface area contributed by atoms with Crippen LogP contribution in [-0.2, 0) is 18.4 Å². The minimum absolute atomic E-state index is 0.215. The first-order chi connectivity index (χ1) is 16.0. The van der Waals surface area contributed by atoms with Gasteiger partial charge >= 0.3 is 0 Å². The van der Waals surface area contributed by atoms with Crippen LogP contribution in [0.15, 0.2) is 71.5 Å². The van der Waals surface area contributed by atoms with E-state index in [1.54, 1.807) is 48.9 Å². The number of benzene rings is 2. The second-order valence-corrected chi connectivity index (χ2v) is 7.66. The standard InChI is InChI=1S/C25H19FN4O3/c1-30-14-27-12-18(30)13-28-24(31)16-4-2-3-15(9-16)23-8-6-19(33-23)11-21-20-10-17(26)5-7-22(20)29-25(21)32/h2-12,14H,13H2,1H3,(H,28,31)(H,29,32)/b21-11+. The maximum Gasteiger partial charge on any atom is 0.256 e. The monoisotopic (exact) mass is 442 g/mol. The summed E-state index contributed by atoms with van der Waals surface area (Å²) in [6.07, 6.45) is 4.96. The smallest absolute Gasteiger partial charge is 0.256 e. The third-order valence-electron chi connectivity index (χ3n) is 5.43. The van der Waals surface area contributed by atoms with Gasteiger partial charge in [-0.1, -0.05) is 12.1 Å². The molecule has 2 amide bonds. The first-order valence-electron chi connectivity index (χ1n) is 10.2. The number of hydrogen-bond acceptors (Lipinski definition) is 4. The zero-order valence-corrected chi connectivity index (χ0v) is 17.6. The van der Waals surface area contributed by atoms with E-state index < -0.39 is 5.82 Å². The molecule has 0 bridgehead atoms. The number of halogens is 1. The zero-order chi connectivity index (χ0) is 22.9. The Morgan fingerprint density at radius 2 is 2.09 bits per heavy atom. The van der Waals surface area contributed by atoms with Crippen LogP contribution >= 0.6 is 0 Å². The summed E-state index contributed by atoms with van der Waals surface area (Å²) in [6.45, 7) is 0.363. The first-order valence-corrected chi connectivity index (χ1v) is 10.2. The number of anilines is 1. The van der Waals surface area contributed by atoms with Gasteiger partial charge in [0.1, 0.15) is 17.3 Å². The number of nitrogens with one attached hydrogen (secondary N) is 2. The Labute approximate surface area is 188 Å². The molecule has 0 saturated heterocycles. The lowest BCUT2D eigenvalue weighted by atomic mass is 10.1. The molecule has 3 heterocycles. The average molecular weight is 442 g/mol. The molecule has 0 unspecified atom stereocenters. The van der Waals surface area contributed by atoms with E-state index in [0.29, 0.717) is 40.5 Å². The van der Waals surface area contributed by atoms with E-state index >= 15 is 0 Å². The van der Waals surface area contributed by atoms with Crippen molar-refractivity contribution in [2.24, 2.45) is 7.05 Å². The minimum atomic E-state index is -0.422. The normalized spacial score (nSPS) is 13.8. The molecule has 33 heavy (non-hydrogen) atoms. The van der Waals surface area contributed by atoms with E-state index in [2.05, 4.69) is 15.6 Å². The highest BCUT2D eigenvalue weighted by Gasteiger charge is 2.25. The molecule has 164 valence electrons. The molecule has 1 aliphatic heterocycles. The summed E-state index contributed by atoms with van der Waals surface area (Å²) in [5, 5.41) is 5.59. The van der Waals surface area contributed by atoms with Gasteiger partial charge in [0.2, 0.25) is 0 Å². The molecule has 7 nitrogen and oxygen atoms in total. The van der Waals surface area contributed by atoms with E-state index in [9.17, 15) is 14.0 Å².